The predicted molar refractivity (Wildman–Crippen MR) is 82.4 cm³/mol. The fourth-order valence-corrected chi connectivity index (χ4v) is 3.39. The number of anilines is 1. The molecule has 116 valence electrons. The summed E-state index contributed by atoms with van der Waals surface area (Å²) in [5, 5.41) is 6.16. The Hall–Kier alpha value is -1.67. The maximum atomic E-state index is 12.0. The Morgan fingerprint density at radius 1 is 1.52 bits per heavy atom. The number of thiazole rings is 1. The van der Waals surface area contributed by atoms with Crippen LogP contribution in [0.4, 0.5) is 9.93 Å². The van der Waals surface area contributed by atoms with Crippen LogP contribution in [0.1, 0.15) is 23.9 Å². The SMILES string of the molecule is CCc1nc(NC(=O)CN2CC[C@H](NC(N)=O)C2)sc1C. The van der Waals surface area contributed by atoms with E-state index >= 15 is 0 Å². The van der Waals surface area contributed by atoms with E-state index in [1.807, 2.05) is 18.7 Å². The number of hydrogen-bond acceptors (Lipinski definition) is 5. The fourth-order valence-electron chi connectivity index (χ4n) is 2.47. The lowest BCUT2D eigenvalue weighted by Crippen LogP contribution is -2.41. The molecule has 1 aliphatic rings. The van der Waals surface area contributed by atoms with E-state index in [-0.39, 0.29) is 11.9 Å². The Kier molecular flexibility index (Phi) is 5.13. The molecule has 3 amide bonds. The molecule has 0 saturated carbocycles. The van der Waals surface area contributed by atoms with Gasteiger partial charge in [0.15, 0.2) is 5.13 Å². The number of aryl methyl sites for hydroxylation is 2. The van der Waals surface area contributed by atoms with Crippen molar-refractivity contribution in [3.63, 3.8) is 0 Å². The summed E-state index contributed by atoms with van der Waals surface area (Å²) in [4.78, 5) is 30.3. The van der Waals surface area contributed by atoms with Crippen LogP contribution >= 0.6 is 11.3 Å². The van der Waals surface area contributed by atoms with Gasteiger partial charge in [0.2, 0.25) is 5.91 Å². The van der Waals surface area contributed by atoms with E-state index in [0.29, 0.717) is 18.2 Å². The lowest BCUT2D eigenvalue weighted by molar-refractivity contribution is -0.117. The Morgan fingerprint density at radius 2 is 2.29 bits per heavy atom. The minimum atomic E-state index is -0.517. The molecule has 0 bridgehead atoms. The number of hydrogen-bond donors (Lipinski definition) is 3. The molecule has 1 aromatic heterocycles. The van der Waals surface area contributed by atoms with Gasteiger partial charge in [-0.3, -0.25) is 9.69 Å². The zero-order chi connectivity index (χ0) is 15.4. The van der Waals surface area contributed by atoms with Crippen LogP contribution in [0.3, 0.4) is 0 Å². The summed E-state index contributed by atoms with van der Waals surface area (Å²) in [6.07, 6.45) is 1.68. The van der Waals surface area contributed by atoms with Crippen LogP contribution in [0.25, 0.3) is 0 Å². The Balaban J connectivity index is 1.81. The second-order valence-corrected chi connectivity index (χ2v) is 6.36. The van der Waals surface area contributed by atoms with Gasteiger partial charge < -0.3 is 16.4 Å². The number of rotatable bonds is 5. The van der Waals surface area contributed by atoms with Crippen molar-refractivity contribution in [2.24, 2.45) is 5.73 Å². The normalized spacial score (nSPS) is 18.7. The molecule has 0 aromatic carbocycles. The molecule has 0 unspecified atom stereocenters. The molecule has 2 heterocycles. The van der Waals surface area contributed by atoms with E-state index in [4.69, 9.17) is 5.73 Å². The van der Waals surface area contributed by atoms with Crippen molar-refractivity contribution in [1.82, 2.24) is 15.2 Å². The van der Waals surface area contributed by atoms with Crippen LogP contribution < -0.4 is 16.4 Å². The maximum Gasteiger partial charge on any atom is 0.312 e. The first kappa shape index (κ1) is 15.7. The molecule has 1 atom stereocenters. The third-order valence-corrected chi connectivity index (χ3v) is 4.39. The zero-order valence-electron chi connectivity index (χ0n) is 12.3. The van der Waals surface area contributed by atoms with Gasteiger partial charge in [-0.15, -0.1) is 11.3 Å². The average molecular weight is 311 g/mol. The topological polar surface area (TPSA) is 100 Å². The number of nitrogens with one attached hydrogen (secondary N) is 2. The van der Waals surface area contributed by atoms with Gasteiger partial charge in [0.25, 0.3) is 0 Å². The number of carbonyl (C=O) groups excluding carboxylic acids is 2. The monoisotopic (exact) mass is 311 g/mol. The first-order valence-electron chi connectivity index (χ1n) is 7.02. The van der Waals surface area contributed by atoms with Gasteiger partial charge in [-0.25, -0.2) is 9.78 Å². The summed E-state index contributed by atoms with van der Waals surface area (Å²) >= 11 is 1.50. The van der Waals surface area contributed by atoms with Gasteiger partial charge in [-0.05, 0) is 19.8 Å². The van der Waals surface area contributed by atoms with Crippen LogP contribution in [0.5, 0.6) is 0 Å². The number of aromatic nitrogens is 1. The van der Waals surface area contributed by atoms with Crippen LogP contribution in [-0.2, 0) is 11.2 Å². The van der Waals surface area contributed by atoms with E-state index in [9.17, 15) is 9.59 Å². The minimum Gasteiger partial charge on any atom is -0.352 e. The molecule has 0 spiro atoms. The molecule has 21 heavy (non-hydrogen) atoms. The molecule has 1 fully saturated rings. The summed E-state index contributed by atoms with van der Waals surface area (Å²) in [5.41, 5.74) is 6.13. The molecule has 2 rings (SSSR count). The lowest BCUT2D eigenvalue weighted by atomic mass is 10.3. The van der Waals surface area contributed by atoms with Crippen molar-refractivity contribution in [2.75, 3.05) is 25.0 Å². The minimum absolute atomic E-state index is 0.0316. The maximum absolute atomic E-state index is 12.0. The number of amides is 3. The van der Waals surface area contributed by atoms with E-state index < -0.39 is 6.03 Å². The summed E-state index contributed by atoms with van der Waals surface area (Å²) in [5.74, 6) is -0.0777. The van der Waals surface area contributed by atoms with Crippen LogP contribution in [0, 0.1) is 6.92 Å². The van der Waals surface area contributed by atoms with Crippen molar-refractivity contribution < 1.29 is 9.59 Å². The highest BCUT2D eigenvalue weighted by atomic mass is 32.1. The Morgan fingerprint density at radius 3 is 2.90 bits per heavy atom. The van der Waals surface area contributed by atoms with E-state index in [2.05, 4.69) is 15.6 Å². The van der Waals surface area contributed by atoms with Gasteiger partial charge in [0, 0.05) is 24.0 Å². The number of likely N-dealkylation sites (tertiary alicyclic amines) is 1. The number of nitrogens with two attached hydrogens (primary N) is 1. The highest BCUT2D eigenvalue weighted by Crippen LogP contribution is 2.22. The first-order valence-corrected chi connectivity index (χ1v) is 7.84. The molecular formula is C13H21N5O2S. The van der Waals surface area contributed by atoms with Crippen LogP contribution in [-0.4, -0.2) is 47.5 Å². The molecule has 1 saturated heterocycles. The van der Waals surface area contributed by atoms with E-state index in [1.165, 1.54) is 11.3 Å². The van der Waals surface area contributed by atoms with Crippen LogP contribution in [0.15, 0.2) is 0 Å². The van der Waals surface area contributed by atoms with Crippen molar-refractivity contribution in [2.45, 2.75) is 32.7 Å². The summed E-state index contributed by atoms with van der Waals surface area (Å²) in [6, 6.07) is -0.485. The van der Waals surface area contributed by atoms with Gasteiger partial charge in [-0.1, -0.05) is 6.92 Å². The van der Waals surface area contributed by atoms with Crippen molar-refractivity contribution in [1.29, 1.82) is 0 Å². The lowest BCUT2D eigenvalue weighted by Gasteiger charge is -2.15. The van der Waals surface area contributed by atoms with Gasteiger partial charge in [-0.2, -0.15) is 0 Å². The largest absolute Gasteiger partial charge is 0.352 e. The molecule has 4 N–H and O–H groups in total. The molecule has 0 radical (unpaired) electrons. The molecular weight excluding hydrogens is 290 g/mol. The molecule has 0 aliphatic carbocycles. The summed E-state index contributed by atoms with van der Waals surface area (Å²) in [7, 11) is 0. The first-order chi connectivity index (χ1) is 9.97. The predicted octanol–water partition coefficient (Wildman–Crippen LogP) is 0.695. The van der Waals surface area contributed by atoms with E-state index in [0.717, 1.165) is 30.0 Å². The molecule has 8 heteroatoms. The third kappa shape index (κ3) is 4.40. The quantitative estimate of drug-likeness (QED) is 0.745. The summed E-state index contributed by atoms with van der Waals surface area (Å²) in [6.45, 7) is 5.77. The number of carbonyl (C=O) groups is 2. The highest BCUT2D eigenvalue weighted by molar-refractivity contribution is 7.15. The van der Waals surface area contributed by atoms with Crippen molar-refractivity contribution in [3.8, 4) is 0 Å². The second kappa shape index (κ2) is 6.86. The van der Waals surface area contributed by atoms with Crippen LogP contribution in [0.2, 0.25) is 0 Å². The molecule has 7 nitrogen and oxygen atoms in total. The second-order valence-electron chi connectivity index (χ2n) is 5.15. The summed E-state index contributed by atoms with van der Waals surface area (Å²) < 4.78 is 0. The zero-order valence-corrected chi connectivity index (χ0v) is 13.1. The molecule has 1 aromatic rings. The van der Waals surface area contributed by atoms with Crippen molar-refractivity contribution in [3.05, 3.63) is 10.6 Å². The number of primary amides is 1. The van der Waals surface area contributed by atoms with Crippen molar-refractivity contribution >= 4 is 28.4 Å². The smallest absolute Gasteiger partial charge is 0.312 e. The van der Waals surface area contributed by atoms with Gasteiger partial charge >= 0.3 is 6.03 Å². The Bertz CT molecular complexity index is 531. The standard InChI is InChI=1S/C13H21N5O2S/c1-3-10-8(2)21-13(16-10)17-11(19)7-18-5-4-9(6-18)15-12(14)20/h9H,3-7H2,1-2H3,(H3,14,15,20)(H,16,17,19)/t9-/m0/s1. The third-order valence-electron chi connectivity index (χ3n) is 3.46. The van der Waals surface area contributed by atoms with Gasteiger partial charge in [0.1, 0.15) is 0 Å². The van der Waals surface area contributed by atoms with Gasteiger partial charge in [0.05, 0.1) is 12.2 Å². The average Bonchev–Trinajstić information content (AvgIpc) is 2.95. The highest BCUT2D eigenvalue weighted by Gasteiger charge is 2.24. The number of nitrogens with zero attached hydrogens (tertiary/aromatic N) is 2. The fraction of sp³-hybridized carbons (Fsp3) is 0.615. The molecule has 1 aliphatic heterocycles. The number of urea groups is 1. The Labute approximate surface area is 127 Å². The van der Waals surface area contributed by atoms with E-state index in [1.54, 1.807) is 0 Å².